The molecular formula is C14H17F3N2O3S. The van der Waals surface area contributed by atoms with E-state index in [2.05, 4.69) is 52.4 Å². The molecule has 0 bridgehead atoms. The first kappa shape index (κ1) is 17.7. The molecule has 0 saturated carbocycles. The number of allylic oxidation sites excluding steroid dienone is 2. The van der Waals surface area contributed by atoms with Gasteiger partial charge in [0.25, 0.3) is 0 Å². The van der Waals surface area contributed by atoms with Crippen LogP contribution in [-0.4, -0.2) is 30.6 Å². The fraction of sp³-hybridized carbons (Fsp3) is 0.500. The average molecular weight is 350 g/mol. The maximum Gasteiger partial charge on any atom is 0.485 e. The van der Waals surface area contributed by atoms with Crippen molar-refractivity contribution in [3.05, 3.63) is 42.7 Å². The van der Waals surface area contributed by atoms with Crippen molar-refractivity contribution >= 4 is 10.1 Å². The number of nitrogens with zero attached hydrogens (tertiary/aromatic N) is 2. The van der Waals surface area contributed by atoms with Crippen LogP contribution < -0.4 is 9.69 Å². The van der Waals surface area contributed by atoms with Crippen molar-refractivity contribution in [3.8, 4) is 0 Å². The Morgan fingerprint density at radius 2 is 1.43 bits per heavy atom. The highest BCUT2D eigenvalue weighted by Crippen LogP contribution is 2.32. The van der Waals surface area contributed by atoms with E-state index in [1.165, 1.54) is 25.7 Å². The summed E-state index contributed by atoms with van der Waals surface area (Å²) < 4.78 is 61.2. The minimum atomic E-state index is -6.09. The number of aromatic nitrogens is 1. The molecule has 2 atom stereocenters. The zero-order valence-electron chi connectivity index (χ0n) is 12.2. The van der Waals surface area contributed by atoms with Crippen molar-refractivity contribution in [2.24, 2.45) is 0 Å². The number of hydrogen-bond acceptors (Lipinski definition) is 4. The first-order valence-electron chi connectivity index (χ1n) is 7.14. The minimum Gasteiger partial charge on any atom is -0.741 e. The molecule has 2 aliphatic rings. The number of pyridine rings is 1. The summed E-state index contributed by atoms with van der Waals surface area (Å²) in [7, 11) is -6.09. The zero-order valence-corrected chi connectivity index (χ0v) is 13.0. The van der Waals surface area contributed by atoms with E-state index in [9.17, 15) is 13.2 Å². The van der Waals surface area contributed by atoms with Crippen molar-refractivity contribution in [3.63, 3.8) is 0 Å². The van der Waals surface area contributed by atoms with Gasteiger partial charge in [-0.05, 0) is 25.7 Å². The number of fused-ring (bicyclic) bond motifs is 1. The molecular weight excluding hydrogens is 333 g/mol. The molecule has 0 spiro atoms. The smallest absolute Gasteiger partial charge is 0.485 e. The summed E-state index contributed by atoms with van der Waals surface area (Å²) >= 11 is 0. The molecule has 0 aromatic carbocycles. The molecule has 1 fully saturated rings. The molecule has 0 amide bonds. The van der Waals surface area contributed by atoms with Crippen LogP contribution in [0.2, 0.25) is 0 Å². The summed E-state index contributed by atoms with van der Waals surface area (Å²) in [6, 6.07) is 7.84. The topological polar surface area (TPSA) is 64.1 Å². The standard InChI is InChI=1S/C13H17N2.CHF3O3S/c1-2-5-9-13-12(8-4-1)15(13)14-10-6-3-7-11-14;2-1(3,4)8(5,6)7/h1-3,6-7,10-13H,4-5,8-9H2;(H,5,6,7)/q+1;/p-1/b2-1-;. The van der Waals surface area contributed by atoms with Gasteiger partial charge in [0, 0.05) is 12.1 Å². The van der Waals surface area contributed by atoms with E-state index in [0.29, 0.717) is 0 Å². The summed E-state index contributed by atoms with van der Waals surface area (Å²) in [5, 5.41) is 2.51. The van der Waals surface area contributed by atoms with Crippen molar-refractivity contribution in [1.82, 2.24) is 0 Å². The maximum absolute atomic E-state index is 10.7. The Morgan fingerprint density at radius 1 is 1.00 bits per heavy atom. The van der Waals surface area contributed by atoms with E-state index in [4.69, 9.17) is 13.0 Å². The molecule has 0 N–H and O–H groups in total. The molecule has 9 heteroatoms. The lowest BCUT2D eigenvalue weighted by Gasteiger charge is -2.08. The predicted octanol–water partition coefficient (Wildman–Crippen LogP) is 1.84. The van der Waals surface area contributed by atoms with Crippen molar-refractivity contribution in [2.45, 2.75) is 43.3 Å². The van der Waals surface area contributed by atoms with Gasteiger partial charge in [-0.25, -0.2) is 8.42 Å². The Balaban J connectivity index is 0.000000207. The Bertz CT molecular complexity index is 631. The fourth-order valence-electron chi connectivity index (χ4n) is 2.63. The monoisotopic (exact) mass is 350 g/mol. The average Bonchev–Trinajstić information content (AvgIpc) is 3.09. The van der Waals surface area contributed by atoms with Crippen LogP contribution in [0.3, 0.4) is 0 Å². The molecule has 1 saturated heterocycles. The molecule has 1 aromatic heterocycles. The molecule has 1 aromatic rings. The second-order valence-corrected chi connectivity index (χ2v) is 6.67. The summed E-state index contributed by atoms with van der Waals surface area (Å²) in [6.07, 6.45) is 14.1. The third kappa shape index (κ3) is 4.68. The first-order chi connectivity index (χ1) is 10.7. The van der Waals surface area contributed by atoms with Crippen molar-refractivity contribution < 1.29 is 30.8 Å². The van der Waals surface area contributed by atoms with Crippen LogP contribution in [-0.2, 0) is 10.1 Å². The van der Waals surface area contributed by atoms with Crippen LogP contribution in [0.4, 0.5) is 13.2 Å². The number of alkyl halides is 3. The Labute approximate surface area is 132 Å². The lowest BCUT2D eigenvalue weighted by atomic mass is 10.1. The summed E-state index contributed by atoms with van der Waals surface area (Å²) in [5.74, 6) is 0. The van der Waals surface area contributed by atoms with E-state index < -0.39 is 15.6 Å². The van der Waals surface area contributed by atoms with Gasteiger partial charge in [-0.3, -0.25) is 0 Å². The largest absolute Gasteiger partial charge is 0.741 e. The first-order valence-corrected chi connectivity index (χ1v) is 8.55. The maximum atomic E-state index is 10.7. The molecule has 1 aliphatic carbocycles. The minimum absolute atomic E-state index is 0.780. The van der Waals surface area contributed by atoms with Crippen LogP contribution >= 0.6 is 0 Å². The number of rotatable bonds is 1. The zero-order chi connectivity index (χ0) is 17.1. The molecule has 3 rings (SSSR count). The highest BCUT2D eigenvalue weighted by atomic mass is 32.2. The molecule has 2 unspecified atom stereocenters. The van der Waals surface area contributed by atoms with Gasteiger partial charge in [0.1, 0.15) is 12.1 Å². The highest BCUT2D eigenvalue weighted by molar-refractivity contribution is 7.86. The SMILES string of the molecule is C1=C\CCC2C(CC/1)N2[n+]1ccccc1.O=S(=O)([O-])C(F)(F)F. The number of halogens is 3. The quantitative estimate of drug-likeness (QED) is 0.255. The second-order valence-electron chi connectivity index (χ2n) is 5.30. The van der Waals surface area contributed by atoms with Crippen LogP contribution in [0.15, 0.2) is 42.7 Å². The van der Waals surface area contributed by atoms with Crippen molar-refractivity contribution in [2.75, 3.05) is 5.01 Å². The lowest BCUT2D eigenvalue weighted by molar-refractivity contribution is -0.679. The van der Waals surface area contributed by atoms with Crippen LogP contribution in [0.5, 0.6) is 0 Å². The Kier molecular flexibility index (Phi) is 5.30. The van der Waals surface area contributed by atoms with E-state index in [1.807, 2.05) is 0 Å². The van der Waals surface area contributed by atoms with Gasteiger partial charge in [0.15, 0.2) is 22.5 Å². The van der Waals surface area contributed by atoms with Gasteiger partial charge < -0.3 is 4.55 Å². The van der Waals surface area contributed by atoms with Crippen LogP contribution in [0.25, 0.3) is 0 Å². The van der Waals surface area contributed by atoms with Gasteiger partial charge in [-0.2, -0.15) is 18.2 Å². The normalized spacial score (nSPS) is 25.3. The molecule has 1 aliphatic heterocycles. The highest BCUT2D eigenvalue weighted by Gasteiger charge is 2.52. The number of hydrogen-bond donors (Lipinski definition) is 0. The summed E-state index contributed by atoms with van der Waals surface area (Å²) in [6.45, 7) is 0. The van der Waals surface area contributed by atoms with Crippen LogP contribution in [0, 0.1) is 0 Å². The fourth-order valence-corrected chi connectivity index (χ4v) is 2.63. The van der Waals surface area contributed by atoms with Crippen molar-refractivity contribution in [1.29, 1.82) is 0 Å². The molecule has 2 heterocycles. The molecule has 128 valence electrons. The molecule has 5 nitrogen and oxygen atoms in total. The van der Waals surface area contributed by atoms with E-state index in [1.54, 1.807) is 0 Å². The third-order valence-electron chi connectivity index (χ3n) is 3.71. The lowest BCUT2D eigenvalue weighted by Crippen LogP contribution is -2.46. The Morgan fingerprint density at radius 3 is 1.83 bits per heavy atom. The summed E-state index contributed by atoms with van der Waals surface area (Å²) in [4.78, 5) is 0. The van der Waals surface area contributed by atoms with Gasteiger partial charge >= 0.3 is 5.51 Å². The third-order valence-corrected chi connectivity index (χ3v) is 4.28. The molecule has 23 heavy (non-hydrogen) atoms. The van der Waals surface area contributed by atoms with Gasteiger partial charge in [-0.15, -0.1) is 0 Å². The van der Waals surface area contributed by atoms with Gasteiger partial charge in [-0.1, -0.05) is 22.9 Å². The van der Waals surface area contributed by atoms with Gasteiger partial charge in [0.2, 0.25) is 0 Å². The van der Waals surface area contributed by atoms with E-state index >= 15 is 0 Å². The summed E-state index contributed by atoms with van der Waals surface area (Å²) in [5.41, 5.74) is -5.65. The second kappa shape index (κ2) is 6.88. The Hall–Kier alpha value is -1.61. The van der Waals surface area contributed by atoms with Crippen LogP contribution in [0.1, 0.15) is 25.7 Å². The molecule has 0 radical (unpaired) electrons. The van der Waals surface area contributed by atoms with Gasteiger partial charge in [0.05, 0.1) is 0 Å². The predicted molar refractivity (Wildman–Crippen MR) is 75.8 cm³/mol. The van der Waals surface area contributed by atoms with E-state index in [-0.39, 0.29) is 0 Å². The van der Waals surface area contributed by atoms with E-state index in [0.717, 1.165) is 12.1 Å².